The lowest BCUT2D eigenvalue weighted by Gasteiger charge is -1.88. The lowest BCUT2D eigenvalue weighted by atomic mass is 10.2. The van der Waals surface area contributed by atoms with Crippen LogP contribution in [0.4, 0.5) is 0 Å². The normalized spacial score (nSPS) is 8.44. The zero-order valence-electron chi connectivity index (χ0n) is 18.5. The molecule has 0 saturated carbocycles. The van der Waals surface area contributed by atoms with Crippen molar-refractivity contribution in [3.8, 4) is 24.3 Å². The van der Waals surface area contributed by atoms with Crippen molar-refractivity contribution < 1.29 is 0 Å². The van der Waals surface area contributed by atoms with Crippen molar-refractivity contribution in [3.05, 3.63) is 139 Å². The molecular weight excluding hydrogens is 534 g/mol. The average Bonchev–Trinajstić information content (AvgIpc) is 2.91. The SMILES string of the molecule is N#Cc1ccccc1Cl.N#Cc1ccccc1Cl.N#Cc1ccccc1Cl.N#Cc1ccccc1Cl. The van der Waals surface area contributed by atoms with E-state index in [-0.39, 0.29) is 0 Å². The molecule has 8 heteroatoms. The van der Waals surface area contributed by atoms with Crippen molar-refractivity contribution in [2.45, 2.75) is 0 Å². The van der Waals surface area contributed by atoms with Gasteiger partial charge in [-0.1, -0.05) is 94.9 Å². The molecule has 4 rings (SSSR count). The summed E-state index contributed by atoms with van der Waals surface area (Å²) in [5.74, 6) is 0. The molecule has 36 heavy (non-hydrogen) atoms. The van der Waals surface area contributed by atoms with Crippen LogP contribution in [-0.4, -0.2) is 0 Å². The molecular formula is C28H16Cl4N4. The third kappa shape index (κ3) is 11.0. The Bertz CT molecular complexity index is 1220. The molecule has 0 saturated heterocycles. The van der Waals surface area contributed by atoms with Gasteiger partial charge in [0, 0.05) is 0 Å². The highest BCUT2D eigenvalue weighted by Crippen LogP contribution is 2.14. The van der Waals surface area contributed by atoms with E-state index >= 15 is 0 Å². The lowest BCUT2D eigenvalue weighted by Crippen LogP contribution is -1.71. The van der Waals surface area contributed by atoms with Crippen LogP contribution < -0.4 is 0 Å². The zero-order valence-corrected chi connectivity index (χ0v) is 21.6. The summed E-state index contributed by atoms with van der Waals surface area (Å²) >= 11 is 22.4. The van der Waals surface area contributed by atoms with Gasteiger partial charge in [0.15, 0.2) is 0 Å². The highest BCUT2D eigenvalue weighted by Gasteiger charge is 1.94. The fraction of sp³-hybridized carbons (Fsp3) is 0. The van der Waals surface area contributed by atoms with E-state index in [1.54, 1.807) is 97.1 Å². The topological polar surface area (TPSA) is 95.2 Å². The number of nitriles is 4. The van der Waals surface area contributed by atoms with Crippen LogP contribution in [0.3, 0.4) is 0 Å². The predicted molar refractivity (Wildman–Crippen MR) is 145 cm³/mol. The minimum atomic E-state index is 0.514. The van der Waals surface area contributed by atoms with E-state index in [0.717, 1.165) is 0 Å². The largest absolute Gasteiger partial charge is 0.192 e. The van der Waals surface area contributed by atoms with Crippen LogP contribution in [0.1, 0.15) is 22.3 Å². The Kier molecular flexibility index (Phi) is 14.5. The second-order valence-corrected chi connectivity index (χ2v) is 8.00. The maximum atomic E-state index is 8.38. The molecule has 0 radical (unpaired) electrons. The van der Waals surface area contributed by atoms with Crippen LogP contribution in [0, 0.1) is 45.3 Å². The van der Waals surface area contributed by atoms with E-state index < -0.39 is 0 Å². The lowest BCUT2D eigenvalue weighted by molar-refractivity contribution is 1.48. The average molecular weight is 550 g/mol. The van der Waals surface area contributed by atoms with Crippen LogP contribution in [0.15, 0.2) is 97.1 Å². The number of hydrogen-bond acceptors (Lipinski definition) is 4. The Balaban J connectivity index is 0.000000240. The molecule has 0 aromatic heterocycles. The van der Waals surface area contributed by atoms with E-state index in [0.29, 0.717) is 42.3 Å². The first-order valence-corrected chi connectivity index (χ1v) is 11.5. The molecule has 0 amide bonds. The summed E-state index contributed by atoms with van der Waals surface area (Å²) in [6.07, 6.45) is 0. The fourth-order valence-corrected chi connectivity index (χ4v) is 2.92. The number of benzene rings is 4. The summed E-state index contributed by atoms with van der Waals surface area (Å²) in [5.41, 5.74) is 2.11. The Morgan fingerprint density at radius 2 is 0.500 bits per heavy atom. The van der Waals surface area contributed by atoms with Gasteiger partial charge in [0.25, 0.3) is 0 Å². The van der Waals surface area contributed by atoms with Gasteiger partial charge < -0.3 is 0 Å². The summed E-state index contributed by atoms with van der Waals surface area (Å²) in [7, 11) is 0. The van der Waals surface area contributed by atoms with Gasteiger partial charge in [-0.25, -0.2) is 0 Å². The van der Waals surface area contributed by atoms with E-state index in [4.69, 9.17) is 67.5 Å². The molecule has 4 nitrogen and oxygen atoms in total. The highest BCUT2D eigenvalue weighted by molar-refractivity contribution is 6.32. The van der Waals surface area contributed by atoms with Crippen LogP contribution in [0.2, 0.25) is 20.1 Å². The Morgan fingerprint density at radius 3 is 0.611 bits per heavy atom. The van der Waals surface area contributed by atoms with Crippen molar-refractivity contribution in [2.75, 3.05) is 0 Å². The summed E-state index contributed by atoms with van der Waals surface area (Å²) in [5, 5.41) is 35.6. The second kappa shape index (κ2) is 17.4. The maximum absolute atomic E-state index is 8.38. The van der Waals surface area contributed by atoms with Crippen LogP contribution in [-0.2, 0) is 0 Å². The van der Waals surface area contributed by atoms with Gasteiger partial charge in [-0.15, -0.1) is 0 Å². The standard InChI is InChI=1S/4C7H4ClN/c4*8-7-4-2-1-3-6(7)5-9/h4*1-4H. The van der Waals surface area contributed by atoms with Crippen molar-refractivity contribution in [1.82, 2.24) is 0 Å². The van der Waals surface area contributed by atoms with Gasteiger partial charge >= 0.3 is 0 Å². The minimum absolute atomic E-state index is 0.514. The van der Waals surface area contributed by atoms with Crippen molar-refractivity contribution >= 4 is 46.4 Å². The Hall–Kier alpha value is -4.00. The molecule has 0 aliphatic carbocycles. The number of halogens is 4. The molecule has 0 spiro atoms. The molecule has 0 atom stereocenters. The van der Waals surface area contributed by atoms with Gasteiger partial charge in [-0.2, -0.15) is 21.0 Å². The van der Waals surface area contributed by atoms with Crippen molar-refractivity contribution in [3.63, 3.8) is 0 Å². The zero-order chi connectivity index (χ0) is 26.8. The molecule has 0 heterocycles. The summed E-state index contributed by atoms with van der Waals surface area (Å²) in [6, 6.07) is 35.7. The number of hydrogen-bond donors (Lipinski definition) is 0. The smallest absolute Gasteiger partial charge is 0.101 e. The van der Waals surface area contributed by atoms with E-state index in [1.165, 1.54) is 0 Å². The first-order chi connectivity index (χ1) is 17.4. The van der Waals surface area contributed by atoms with E-state index in [2.05, 4.69) is 0 Å². The molecule has 0 N–H and O–H groups in total. The predicted octanol–water partition coefficient (Wildman–Crippen LogP) is 8.85. The van der Waals surface area contributed by atoms with E-state index in [9.17, 15) is 0 Å². The highest BCUT2D eigenvalue weighted by atomic mass is 35.5. The molecule has 4 aromatic rings. The van der Waals surface area contributed by atoms with Gasteiger partial charge in [-0.3, -0.25) is 0 Å². The Morgan fingerprint density at radius 1 is 0.333 bits per heavy atom. The minimum Gasteiger partial charge on any atom is -0.192 e. The van der Waals surface area contributed by atoms with Crippen LogP contribution >= 0.6 is 46.4 Å². The molecule has 0 aliphatic rings. The summed E-state index contributed by atoms with van der Waals surface area (Å²) in [6.45, 7) is 0. The molecule has 176 valence electrons. The van der Waals surface area contributed by atoms with E-state index in [1.807, 2.05) is 24.3 Å². The van der Waals surface area contributed by atoms with Crippen molar-refractivity contribution in [2.24, 2.45) is 0 Å². The monoisotopic (exact) mass is 548 g/mol. The van der Waals surface area contributed by atoms with Crippen LogP contribution in [0.25, 0.3) is 0 Å². The fourth-order valence-electron chi connectivity index (χ4n) is 2.21. The third-order valence-corrected chi connectivity index (χ3v) is 5.30. The van der Waals surface area contributed by atoms with Gasteiger partial charge in [0.05, 0.1) is 42.3 Å². The molecule has 0 bridgehead atoms. The summed E-state index contributed by atoms with van der Waals surface area (Å²) < 4.78 is 0. The first kappa shape index (κ1) is 30.0. The first-order valence-electron chi connectivity index (χ1n) is 9.96. The van der Waals surface area contributed by atoms with Gasteiger partial charge in [0.1, 0.15) is 24.3 Å². The van der Waals surface area contributed by atoms with Crippen LogP contribution in [0.5, 0.6) is 0 Å². The Labute approximate surface area is 230 Å². The number of nitrogens with zero attached hydrogens (tertiary/aromatic N) is 4. The third-order valence-electron chi connectivity index (χ3n) is 3.98. The summed E-state index contributed by atoms with van der Waals surface area (Å²) in [4.78, 5) is 0. The number of rotatable bonds is 0. The quantitative estimate of drug-likeness (QED) is 0.219. The maximum Gasteiger partial charge on any atom is 0.101 e. The van der Waals surface area contributed by atoms with Gasteiger partial charge in [-0.05, 0) is 48.5 Å². The van der Waals surface area contributed by atoms with Gasteiger partial charge in [0.2, 0.25) is 0 Å². The molecule has 0 unspecified atom stereocenters. The second-order valence-electron chi connectivity index (χ2n) is 6.37. The molecule has 4 aromatic carbocycles. The molecule has 0 aliphatic heterocycles. The molecule has 0 fully saturated rings. The van der Waals surface area contributed by atoms with Crippen molar-refractivity contribution in [1.29, 1.82) is 21.0 Å².